The van der Waals surface area contributed by atoms with Gasteiger partial charge in [0.1, 0.15) is 0 Å². The minimum absolute atomic E-state index is 0.0146. The van der Waals surface area contributed by atoms with Gasteiger partial charge in [0.2, 0.25) is 5.91 Å². The summed E-state index contributed by atoms with van der Waals surface area (Å²) in [5.41, 5.74) is 7.38. The minimum atomic E-state index is -0.307. The summed E-state index contributed by atoms with van der Waals surface area (Å²) in [5.74, 6) is -0.293. The molecule has 2 N–H and O–H groups in total. The normalized spacial score (nSPS) is 10.0. The highest BCUT2D eigenvalue weighted by Gasteiger charge is 2.10. The number of ether oxygens (including phenoxy) is 1. The number of anilines is 1. The summed E-state index contributed by atoms with van der Waals surface area (Å²) < 4.78 is 4.53. The van der Waals surface area contributed by atoms with Crippen LogP contribution in [0.5, 0.6) is 0 Å². The molecule has 1 rings (SSSR count). The van der Waals surface area contributed by atoms with Crippen LogP contribution in [0, 0.1) is 0 Å². The minimum Gasteiger partial charge on any atom is -0.469 e. The van der Waals surface area contributed by atoms with Crippen LogP contribution in [0.4, 0.5) is 5.69 Å². The van der Waals surface area contributed by atoms with Crippen LogP contribution in [0.3, 0.4) is 0 Å². The van der Waals surface area contributed by atoms with Gasteiger partial charge in [-0.2, -0.15) is 0 Å². The van der Waals surface area contributed by atoms with E-state index in [0.717, 1.165) is 5.56 Å². The molecule has 0 fully saturated rings. The van der Waals surface area contributed by atoms with E-state index in [-0.39, 0.29) is 18.3 Å². The summed E-state index contributed by atoms with van der Waals surface area (Å²) in [4.78, 5) is 24.4. The summed E-state index contributed by atoms with van der Waals surface area (Å²) in [5, 5.41) is 0. The Hall–Kier alpha value is -2.04. The van der Waals surface area contributed by atoms with E-state index >= 15 is 0 Å². The fraction of sp³-hybridized carbons (Fsp3) is 0.429. The number of nitrogens with two attached hydrogens (primary N) is 1. The van der Waals surface area contributed by atoms with Crippen LogP contribution in [0.1, 0.15) is 18.4 Å². The molecule has 104 valence electrons. The molecule has 0 spiro atoms. The molecule has 0 saturated heterocycles. The Bertz CT molecular complexity index is 429. The third kappa shape index (κ3) is 5.42. The predicted octanol–water partition coefficient (Wildman–Crippen LogP) is 1.22. The second-order valence-corrected chi connectivity index (χ2v) is 4.38. The number of nitrogen functional groups attached to an aromatic ring is 1. The molecule has 1 amide bonds. The number of hydrogen-bond donors (Lipinski definition) is 1. The maximum absolute atomic E-state index is 11.8. The number of aryl methyl sites for hydroxylation is 1. The maximum Gasteiger partial charge on any atom is 0.307 e. The highest BCUT2D eigenvalue weighted by molar-refractivity contribution is 5.77. The standard InChI is InChI=1S/C14H20N2O3/c1-16(10-9-14(18)19-2)13(17)8-5-11-3-6-12(15)7-4-11/h3-4,6-7H,5,8-10,15H2,1-2H3. The fourth-order valence-electron chi connectivity index (χ4n) is 1.61. The van der Waals surface area contributed by atoms with Gasteiger partial charge in [-0.1, -0.05) is 12.1 Å². The maximum atomic E-state index is 11.8. The average Bonchev–Trinajstić information content (AvgIpc) is 2.43. The Balaban J connectivity index is 2.34. The zero-order chi connectivity index (χ0) is 14.3. The van der Waals surface area contributed by atoms with Crippen LogP contribution < -0.4 is 5.73 Å². The first-order valence-electron chi connectivity index (χ1n) is 6.18. The molecule has 5 nitrogen and oxygen atoms in total. The first-order valence-corrected chi connectivity index (χ1v) is 6.18. The smallest absolute Gasteiger partial charge is 0.307 e. The van der Waals surface area contributed by atoms with E-state index in [9.17, 15) is 9.59 Å². The van der Waals surface area contributed by atoms with Gasteiger partial charge in [0.05, 0.1) is 13.5 Å². The number of carbonyl (C=O) groups is 2. The lowest BCUT2D eigenvalue weighted by atomic mass is 10.1. The molecule has 0 heterocycles. The molecule has 0 saturated carbocycles. The van der Waals surface area contributed by atoms with Crippen molar-refractivity contribution in [1.29, 1.82) is 0 Å². The quantitative estimate of drug-likeness (QED) is 0.619. The average molecular weight is 264 g/mol. The van der Waals surface area contributed by atoms with E-state index in [2.05, 4.69) is 4.74 Å². The third-order valence-corrected chi connectivity index (χ3v) is 2.91. The Labute approximate surface area is 113 Å². The zero-order valence-corrected chi connectivity index (χ0v) is 11.4. The van der Waals surface area contributed by atoms with Gasteiger partial charge in [-0.15, -0.1) is 0 Å². The van der Waals surface area contributed by atoms with Crippen LogP contribution in [-0.2, 0) is 20.7 Å². The Morgan fingerprint density at radius 3 is 2.42 bits per heavy atom. The van der Waals surface area contributed by atoms with Crippen LogP contribution in [0.2, 0.25) is 0 Å². The number of nitrogens with zero attached hydrogens (tertiary/aromatic N) is 1. The number of amides is 1. The first kappa shape index (κ1) is 15.0. The largest absolute Gasteiger partial charge is 0.469 e. The topological polar surface area (TPSA) is 72.6 Å². The van der Waals surface area contributed by atoms with Gasteiger partial charge in [-0.25, -0.2) is 0 Å². The Morgan fingerprint density at radius 2 is 1.84 bits per heavy atom. The Morgan fingerprint density at radius 1 is 1.21 bits per heavy atom. The van der Waals surface area contributed by atoms with Crippen molar-refractivity contribution in [2.75, 3.05) is 26.4 Å². The molecule has 0 unspecified atom stereocenters. The number of esters is 1. The van der Waals surface area contributed by atoms with Crippen LogP contribution in [0.15, 0.2) is 24.3 Å². The number of rotatable bonds is 6. The zero-order valence-electron chi connectivity index (χ0n) is 11.4. The van der Waals surface area contributed by atoms with Gasteiger partial charge in [0.25, 0.3) is 0 Å². The summed E-state index contributed by atoms with van der Waals surface area (Å²) in [6, 6.07) is 7.47. The van der Waals surface area contributed by atoms with E-state index in [0.29, 0.717) is 25.1 Å². The predicted molar refractivity (Wildman–Crippen MR) is 73.4 cm³/mol. The summed E-state index contributed by atoms with van der Waals surface area (Å²) in [6.07, 6.45) is 1.31. The molecule has 0 aliphatic carbocycles. The van der Waals surface area contributed by atoms with Gasteiger partial charge < -0.3 is 15.4 Å². The van der Waals surface area contributed by atoms with E-state index in [1.54, 1.807) is 11.9 Å². The molecule has 5 heteroatoms. The monoisotopic (exact) mass is 264 g/mol. The van der Waals surface area contributed by atoms with Crippen molar-refractivity contribution in [2.45, 2.75) is 19.3 Å². The Kier molecular flexibility index (Phi) is 5.85. The van der Waals surface area contributed by atoms with Crippen molar-refractivity contribution in [2.24, 2.45) is 0 Å². The fourth-order valence-corrected chi connectivity index (χ4v) is 1.61. The molecule has 1 aromatic rings. The van der Waals surface area contributed by atoms with Crippen molar-refractivity contribution in [1.82, 2.24) is 4.90 Å². The van der Waals surface area contributed by atoms with Crippen molar-refractivity contribution >= 4 is 17.6 Å². The number of hydrogen-bond acceptors (Lipinski definition) is 4. The molecule has 0 aliphatic rings. The highest BCUT2D eigenvalue weighted by Crippen LogP contribution is 2.08. The summed E-state index contributed by atoms with van der Waals surface area (Å²) >= 11 is 0. The molecule has 0 radical (unpaired) electrons. The SMILES string of the molecule is COC(=O)CCN(C)C(=O)CCc1ccc(N)cc1. The third-order valence-electron chi connectivity index (χ3n) is 2.91. The van der Waals surface area contributed by atoms with E-state index in [4.69, 9.17) is 5.73 Å². The van der Waals surface area contributed by atoms with Gasteiger partial charge >= 0.3 is 5.97 Å². The van der Waals surface area contributed by atoms with E-state index in [1.165, 1.54) is 7.11 Å². The van der Waals surface area contributed by atoms with Gasteiger partial charge in [0, 0.05) is 25.7 Å². The lowest BCUT2D eigenvalue weighted by Crippen LogP contribution is -2.29. The highest BCUT2D eigenvalue weighted by atomic mass is 16.5. The molecule has 0 atom stereocenters. The molecule has 0 bridgehead atoms. The molecule has 0 aromatic heterocycles. The van der Waals surface area contributed by atoms with Gasteiger partial charge in [-0.05, 0) is 24.1 Å². The summed E-state index contributed by atoms with van der Waals surface area (Å²) in [6.45, 7) is 0.382. The summed E-state index contributed by atoms with van der Waals surface area (Å²) in [7, 11) is 3.03. The molecule has 0 aliphatic heterocycles. The number of carbonyl (C=O) groups excluding carboxylic acids is 2. The lowest BCUT2D eigenvalue weighted by Gasteiger charge is -2.16. The van der Waals surface area contributed by atoms with Crippen molar-refractivity contribution in [3.8, 4) is 0 Å². The van der Waals surface area contributed by atoms with Gasteiger partial charge in [0.15, 0.2) is 0 Å². The van der Waals surface area contributed by atoms with Crippen LogP contribution in [0.25, 0.3) is 0 Å². The molecular weight excluding hydrogens is 244 g/mol. The second-order valence-electron chi connectivity index (χ2n) is 4.38. The molecule has 19 heavy (non-hydrogen) atoms. The van der Waals surface area contributed by atoms with Gasteiger partial charge in [-0.3, -0.25) is 9.59 Å². The van der Waals surface area contributed by atoms with Crippen molar-refractivity contribution in [3.63, 3.8) is 0 Å². The van der Waals surface area contributed by atoms with E-state index in [1.807, 2.05) is 24.3 Å². The van der Waals surface area contributed by atoms with Crippen LogP contribution in [-0.4, -0.2) is 37.5 Å². The lowest BCUT2D eigenvalue weighted by molar-refractivity contribution is -0.141. The second kappa shape index (κ2) is 7.41. The van der Waals surface area contributed by atoms with Crippen molar-refractivity contribution in [3.05, 3.63) is 29.8 Å². The van der Waals surface area contributed by atoms with Crippen LogP contribution >= 0.6 is 0 Å². The molecule has 1 aromatic carbocycles. The molecular formula is C14H20N2O3. The number of benzene rings is 1. The van der Waals surface area contributed by atoms with E-state index < -0.39 is 0 Å². The first-order chi connectivity index (χ1) is 9.02. The number of methoxy groups -OCH3 is 1. The van der Waals surface area contributed by atoms with Crippen molar-refractivity contribution < 1.29 is 14.3 Å².